The summed E-state index contributed by atoms with van der Waals surface area (Å²) in [5.74, 6) is 0.639. The number of ketones is 1. The Hall–Kier alpha value is -3.61. The quantitative estimate of drug-likeness (QED) is 0.655. The predicted octanol–water partition coefficient (Wildman–Crippen LogP) is 3.06. The van der Waals surface area contributed by atoms with E-state index >= 15 is 0 Å². The van der Waals surface area contributed by atoms with Gasteiger partial charge in [-0.3, -0.25) is 14.6 Å². The summed E-state index contributed by atoms with van der Waals surface area (Å²) in [6.07, 6.45) is 3.35. The number of aromatic nitrogens is 3. The van der Waals surface area contributed by atoms with Crippen LogP contribution in [-0.4, -0.2) is 26.6 Å². The first-order chi connectivity index (χ1) is 13.0. The Bertz CT molecular complexity index is 973. The SMILES string of the molecule is CC(=O)c1cccc(Nc2cc(C(=O)NCc3ccncc3)nc(C)n2)c1. The fourth-order valence-corrected chi connectivity index (χ4v) is 2.49. The maximum Gasteiger partial charge on any atom is 0.270 e. The highest BCUT2D eigenvalue weighted by molar-refractivity contribution is 5.95. The van der Waals surface area contributed by atoms with Gasteiger partial charge in [0, 0.05) is 36.3 Å². The van der Waals surface area contributed by atoms with Gasteiger partial charge in [-0.15, -0.1) is 0 Å². The zero-order chi connectivity index (χ0) is 19.2. The molecular weight excluding hydrogens is 342 g/mol. The van der Waals surface area contributed by atoms with Crippen molar-refractivity contribution in [3.63, 3.8) is 0 Å². The van der Waals surface area contributed by atoms with Gasteiger partial charge in [-0.25, -0.2) is 9.97 Å². The van der Waals surface area contributed by atoms with Crippen LogP contribution in [0.5, 0.6) is 0 Å². The van der Waals surface area contributed by atoms with Gasteiger partial charge >= 0.3 is 0 Å². The number of pyridine rings is 1. The lowest BCUT2D eigenvalue weighted by molar-refractivity contribution is 0.0944. The Morgan fingerprint density at radius 1 is 1.04 bits per heavy atom. The minimum absolute atomic E-state index is 0.0197. The van der Waals surface area contributed by atoms with Crippen molar-refractivity contribution in [1.29, 1.82) is 0 Å². The van der Waals surface area contributed by atoms with E-state index in [0.717, 1.165) is 5.56 Å². The smallest absolute Gasteiger partial charge is 0.270 e. The third-order valence-corrected chi connectivity index (χ3v) is 3.81. The minimum atomic E-state index is -0.294. The number of carbonyl (C=O) groups is 2. The molecule has 0 unspecified atom stereocenters. The topological polar surface area (TPSA) is 96.9 Å². The highest BCUT2D eigenvalue weighted by Gasteiger charge is 2.11. The summed E-state index contributed by atoms with van der Waals surface area (Å²) >= 11 is 0. The van der Waals surface area contributed by atoms with E-state index in [2.05, 4.69) is 25.6 Å². The van der Waals surface area contributed by atoms with Crippen LogP contribution in [0.3, 0.4) is 0 Å². The molecule has 0 saturated heterocycles. The van der Waals surface area contributed by atoms with Gasteiger partial charge in [-0.1, -0.05) is 12.1 Å². The van der Waals surface area contributed by atoms with Crippen LogP contribution < -0.4 is 10.6 Å². The number of hydrogen-bond acceptors (Lipinski definition) is 6. The molecular formula is C20H19N5O2. The molecule has 0 spiro atoms. The van der Waals surface area contributed by atoms with Crippen molar-refractivity contribution in [2.75, 3.05) is 5.32 Å². The van der Waals surface area contributed by atoms with Gasteiger partial charge in [0.1, 0.15) is 17.3 Å². The fraction of sp³-hybridized carbons (Fsp3) is 0.150. The summed E-state index contributed by atoms with van der Waals surface area (Å²) in [4.78, 5) is 36.4. The number of amides is 1. The number of nitrogens with one attached hydrogen (secondary N) is 2. The molecule has 0 aliphatic rings. The maximum absolute atomic E-state index is 12.4. The molecule has 7 nitrogen and oxygen atoms in total. The van der Waals surface area contributed by atoms with Crippen LogP contribution in [0.1, 0.15) is 39.2 Å². The molecule has 27 heavy (non-hydrogen) atoms. The van der Waals surface area contributed by atoms with Crippen LogP contribution in [0, 0.1) is 6.92 Å². The number of nitrogens with zero attached hydrogens (tertiary/aromatic N) is 3. The number of rotatable bonds is 6. The van der Waals surface area contributed by atoms with E-state index in [4.69, 9.17) is 0 Å². The second-order valence-corrected chi connectivity index (χ2v) is 5.99. The zero-order valence-corrected chi connectivity index (χ0v) is 15.1. The van der Waals surface area contributed by atoms with Crippen molar-refractivity contribution in [1.82, 2.24) is 20.3 Å². The first-order valence-corrected chi connectivity index (χ1v) is 8.42. The van der Waals surface area contributed by atoms with Crippen molar-refractivity contribution >= 4 is 23.2 Å². The first kappa shape index (κ1) is 18.2. The molecule has 136 valence electrons. The molecule has 2 heterocycles. The third-order valence-electron chi connectivity index (χ3n) is 3.81. The Morgan fingerprint density at radius 2 is 1.81 bits per heavy atom. The van der Waals surface area contributed by atoms with Crippen LogP contribution in [0.15, 0.2) is 54.9 Å². The van der Waals surface area contributed by atoms with E-state index < -0.39 is 0 Å². The lowest BCUT2D eigenvalue weighted by Crippen LogP contribution is -2.24. The molecule has 0 aliphatic heterocycles. The maximum atomic E-state index is 12.4. The van der Waals surface area contributed by atoms with E-state index in [1.165, 1.54) is 6.92 Å². The van der Waals surface area contributed by atoms with Crippen molar-refractivity contribution in [2.45, 2.75) is 20.4 Å². The van der Waals surface area contributed by atoms with Crippen molar-refractivity contribution < 1.29 is 9.59 Å². The Labute approximate surface area is 156 Å². The number of hydrogen-bond donors (Lipinski definition) is 2. The van der Waals surface area contributed by atoms with E-state index in [0.29, 0.717) is 29.4 Å². The zero-order valence-electron chi connectivity index (χ0n) is 15.1. The van der Waals surface area contributed by atoms with Crippen LogP contribution >= 0.6 is 0 Å². The molecule has 2 aromatic heterocycles. The average molecular weight is 361 g/mol. The summed E-state index contributed by atoms with van der Waals surface area (Å²) in [5, 5.41) is 5.95. The average Bonchev–Trinajstić information content (AvgIpc) is 2.66. The van der Waals surface area contributed by atoms with Gasteiger partial charge in [0.05, 0.1) is 0 Å². The predicted molar refractivity (Wildman–Crippen MR) is 102 cm³/mol. The Balaban J connectivity index is 1.74. The highest BCUT2D eigenvalue weighted by Crippen LogP contribution is 2.17. The number of Topliss-reactive ketones (excluding diaryl/α,β-unsaturated/α-hetero) is 1. The number of carbonyl (C=O) groups excluding carboxylic acids is 2. The second kappa shape index (κ2) is 8.18. The molecule has 0 fully saturated rings. The molecule has 0 bridgehead atoms. The van der Waals surface area contributed by atoms with Gasteiger partial charge in [-0.05, 0) is 43.7 Å². The van der Waals surface area contributed by atoms with Crippen molar-refractivity contribution in [3.05, 3.63) is 77.5 Å². The molecule has 0 saturated carbocycles. The van der Waals surface area contributed by atoms with Gasteiger partial charge in [0.2, 0.25) is 0 Å². The second-order valence-electron chi connectivity index (χ2n) is 5.99. The normalized spacial score (nSPS) is 10.3. The summed E-state index contributed by atoms with van der Waals surface area (Å²) < 4.78 is 0. The van der Waals surface area contributed by atoms with Crippen LogP contribution in [-0.2, 0) is 6.54 Å². The van der Waals surface area contributed by atoms with Crippen molar-refractivity contribution in [2.24, 2.45) is 0 Å². The molecule has 3 aromatic rings. The molecule has 7 heteroatoms. The molecule has 1 aromatic carbocycles. The third kappa shape index (κ3) is 4.94. The standard InChI is InChI=1S/C20H19N5O2/c1-13(26)16-4-3-5-17(10-16)25-19-11-18(23-14(2)24-19)20(27)22-12-15-6-8-21-9-7-15/h3-11H,12H2,1-2H3,(H,22,27)(H,23,24,25). The van der Waals surface area contributed by atoms with E-state index in [9.17, 15) is 9.59 Å². The van der Waals surface area contributed by atoms with Gasteiger partial charge < -0.3 is 10.6 Å². The summed E-state index contributed by atoms with van der Waals surface area (Å²) in [7, 11) is 0. The first-order valence-electron chi connectivity index (χ1n) is 8.42. The number of benzene rings is 1. The molecule has 3 rings (SSSR count). The Morgan fingerprint density at radius 3 is 2.56 bits per heavy atom. The molecule has 0 radical (unpaired) electrons. The monoisotopic (exact) mass is 361 g/mol. The molecule has 2 N–H and O–H groups in total. The largest absolute Gasteiger partial charge is 0.347 e. The number of anilines is 2. The molecule has 1 amide bonds. The van der Waals surface area contributed by atoms with E-state index in [-0.39, 0.29) is 17.4 Å². The lowest BCUT2D eigenvalue weighted by Gasteiger charge is -2.10. The minimum Gasteiger partial charge on any atom is -0.347 e. The van der Waals surface area contributed by atoms with Gasteiger partial charge in [-0.2, -0.15) is 0 Å². The van der Waals surface area contributed by atoms with Gasteiger partial charge in [0.25, 0.3) is 5.91 Å². The van der Waals surface area contributed by atoms with E-state index in [1.54, 1.807) is 43.6 Å². The lowest BCUT2D eigenvalue weighted by atomic mass is 10.1. The van der Waals surface area contributed by atoms with Crippen LogP contribution in [0.2, 0.25) is 0 Å². The summed E-state index contributed by atoms with van der Waals surface area (Å²) in [6.45, 7) is 3.61. The molecule has 0 aliphatic carbocycles. The van der Waals surface area contributed by atoms with Gasteiger partial charge in [0.15, 0.2) is 5.78 Å². The van der Waals surface area contributed by atoms with Crippen LogP contribution in [0.25, 0.3) is 0 Å². The Kier molecular flexibility index (Phi) is 5.51. The summed E-state index contributed by atoms with van der Waals surface area (Å²) in [6, 6.07) is 12.3. The highest BCUT2D eigenvalue weighted by atomic mass is 16.1. The molecule has 0 atom stereocenters. The van der Waals surface area contributed by atoms with Crippen molar-refractivity contribution in [3.8, 4) is 0 Å². The van der Waals surface area contributed by atoms with E-state index in [1.807, 2.05) is 18.2 Å². The fourth-order valence-electron chi connectivity index (χ4n) is 2.49. The summed E-state index contributed by atoms with van der Waals surface area (Å²) in [5.41, 5.74) is 2.52. The van der Waals surface area contributed by atoms with Crippen LogP contribution in [0.4, 0.5) is 11.5 Å². The number of aryl methyl sites for hydroxylation is 1.